The number of imide groups is 1. The van der Waals surface area contributed by atoms with Crippen molar-refractivity contribution in [3.8, 4) is 0 Å². The first-order valence-corrected chi connectivity index (χ1v) is 11.1. The number of amides is 3. The van der Waals surface area contributed by atoms with E-state index < -0.39 is 17.8 Å². The van der Waals surface area contributed by atoms with Crippen LogP contribution in [-0.2, 0) is 22.7 Å². The molecule has 1 N–H and O–H groups in total. The molecule has 0 aliphatic carbocycles. The summed E-state index contributed by atoms with van der Waals surface area (Å²) in [6.07, 6.45) is 0.442. The zero-order valence-electron chi connectivity index (χ0n) is 18.0. The highest BCUT2D eigenvalue weighted by molar-refractivity contribution is 6.06. The largest absolute Gasteiger partial charge is 0.369 e. The molecule has 7 nitrogen and oxygen atoms in total. The first-order chi connectivity index (χ1) is 15.9. The van der Waals surface area contributed by atoms with E-state index in [9.17, 15) is 23.2 Å². The monoisotopic (exact) mass is 454 g/mol. The van der Waals surface area contributed by atoms with E-state index in [-0.39, 0.29) is 42.6 Å². The molecule has 9 heteroatoms. The number of piperazine rings is 1. The van der Waals surface area contributed by atoms with Crippen LogP contribution in [0.1, 0.15) is 34.3 Å². The third-order valence-corrected chi connectivity index (χ3v) is 6.63. The SMILES string of the molecule is O=C1CCC(N2Cc3c(cc(F)cc3N3CCN(Cc4ccc(F)cc4)CC3)C2=O)C(=O)N1. The number of carbonyl (C=O) groups excluding carboxylic acids is 3. The number of nitrogens with one attached hydrogen (secondary N) is 1. The maximum Gasteiger partial charge on any atom is 0.255 e. The summed E-state index contributed by atoms with van der Waals surface area (Å²) in [5.41, 5.74) is 2.71. The molecular weight excluding hydrogens is 430 g/mol. The van der Waals surface area contributed by atoms with Crippen LogP contribution >= 0.6 is 0 Å². The van der Waals surface area contributed by atoms with Gasteiger partial charge < -0.3 is 9.80 Å². The number of carbonyl (C=O) groups is 3. The molecule has 3 aliphatic rings. The molecule has 1 unspecified atom stereocenters. The quantitative estimate of drug-likeness (QED) is 0.716. The van der Waals surface area contributed by atoms with Gasteiger partial charge >= 0.3 is 0 Å². The van der Waals surface area contributed by atoms with E-state index in [2.05, 4.69) is 15.1 Å². The van der Waals surface area contributed by atoms with Crippen molar-refractivity contribution < 1.29 is 23.2 Å². The minimum atomic E-state index is -0.730. The second kappa shape index (κ2) is 8.55. The Bertz CT molecular complexity index is 1110. The van der Waals surface area contributed by atoms with Crippen LogP contribution in [0.4, 0.5) is 14.5 Å². The molecule has 2 saturated heterocycles. The summed E-state index contributed by atoms with van der Waals surface area (Å²) in [5, 5.41) is 2.29. The highest BCUT2D eigenvalue weighted by Gasteiger charge is 2.41. The van der Waals surface area contributed by atoms with Crippen LogP contribution in [0.25, 0.3) is 0 Å². The lowest BCUT2D eigenvalue weighted by Crippen LogP contribution is -2.52. The van der Waals surface area contributed by atoms with Crippen molar-refractivity contribution in [1.82, 2.24) is 15.1 Å². The van der Waals surface area contributed by atoms with Crippen LogP contribution in [0, 0.1) is 11.6 Å². The number of halogens is 2. The van der Waals surface area contributed by atoms with Gasteiger partial charge in [-0.15, -0.1) is 0 Å². The van der Waals surface area contributed by atoms with Gasteiger partial charge in [0.2, 0.25) is 11.8 Å². The molecule has 0 saturated carbocycles. The smallest absolute Gasteiger partial charge is 0.255 e. The first kappa shape index (κ1) is 21.5. The average Bonchev–Trinajstić information content (AvgIpc) is 3.11. The van der Waals surface area contributed by atoms with Gasteiger partial charge in [0.1, 0.15) is 17.7 Å². The summed E-state index contributed by atoms with van der Waals surface area (Å²) < 4.78 is 27.6. The molecule has 0 bridgehead atoms. The minimum absolute atomic E-state index is 0.174. The molecule has 3 amide bonds. The van der Waals surface area contributed by atoms with E-state index >= 15 is 0 Å². The summed E-state index contributed by atoms with van der Waals surface area (Å²) >= 11 is 0. The van der Waals surface area contributed by atoms with Crippen LogP contribution in [-0.4, -0.2) is 59.7 Å². The lowest BCUT2D eigenvalue weighted by atomic mass is 10.0. The third-order valence-electron chi connectivity index (χ3n) is 6.63. The maximum atomic E-state index is 14.5. The summed E-state index contributed by atoms with van der Waals surface area (Å²) in [4.78, 5) is 42.6. The van der Waals surface area contributed by atoms with Crippen molar-refractivity contribution in [2.45, 2.75) is 32.0 Å². The van der Waals surface area contributed by atoms with Crippen molar-refractivity contribution in [2.24, 2.45) is 0 Å². The van der Waals surface area contributed by atoms with E-state index in [0.29, 0.717) is 25.3 Å². The number of nitrogens with zero attached hydrogens (tertiary/aromatic N) is 3. The molecule has 0 aromatic heterocycles. The van der Waals surface area contributed by atoms with Crippen molar-refractivity contribution in [1.29, 1.82) is 0 Å². The van der Waals surface area contributed by atoms with E-state index in [1.54, 1.807) is 12.1 Å². The fraction of sp³-hybridized carbons (Fsp3) is 0.375. The van der Waals surface area contributed by atoms with Crippen molar-refractivity contribution >= 4 is 23.4 Å². The predicted octanol–water partition coefficient (Wildman–Crippen LogP) is 2.05. The topological polar surface area (TPSA) is 73.0 Å². The number of hydrogen-bond acceptors (Lipinski definition) is 5. The fourth-order valence-electron chi connectivity index (χ4n) is 4.88. The Morgan fingerprint density at radius 3 is 2.36 bits per heavy atom. The van der Waals surface area contributed by atoms with Gasteiger partial charge in [-0.25, -0.2) is 8.78 Å². The second-order valence-electron chi connectivity index (χ2n) is 8.74. The Morgan fingerprint density at radius 2 is 1.67 bits per heavy atom. The number of hydrogen-bond donors (Lipinski definition) is 1. The van der Waals surface area contributed by atoms with Gasteiger partial charge in [0.25, 0.3) is 5.91 Å². The van der Waals surface area contributed by atoms with E-state index in [0.717, 1.165) is 24.2 Å². The Balaban J connectivity index is 1.31. The Kier molecular flexibility index (Phi) is 5.57. The Hall–Kier alpha value is -3.33. The third kappa shape index (κ3) is 4.20. The summed E-state index contributed by atoms with van der Waals surface area (Å²) in [6, 6.07) is 8.41. The molecule has 2 fully saturated rings. The van der Waals surface area contributed by atoms with Gasteiger partial charge in [0.05, 0.1) is 0 Å². The first-order valence-electron chi connectivity index (χ1n) is 11.1. The molecule has 5 rings (SSSR count). The van der Waals surface area contributed by atoms with Crippen LogP contribution < -0.4 is 10.2 Å². The zero-order valence-corrected chi connectivity index (χ0v) is 18.0. The lowest BCUT2D eigenvalue weighted by Gasteiger charge is -2.37. The standard InChI is InChI=1S/C24H24F2N4O3/c25-16-3-1-15(2-4-16)13-28-7-9-29(10-8-28)21-12-17(26)11-18-19(21)14-30(24(18)33)20-5-6-22(31)27-23(20)32/h1-4,11-12,20H,5-10,13-14H2,(H,27,31,32). The number of piperidine rings is 1. The molecule has 1 atom stereocenters. The molecule has 0 radical (unpaired) electrons. The number of rotatable bonds is 4. The van der Waals surface area contributed by atoms with E-state index in [1.807, 2.05) is 0 Å². The van der Waals surface area contributed by atoms with Gasteiger partial charge in [-0.05, 0) is 36.2 Å². The summed E-state index contributed by atoms with van der Waals surface area (Å²) in [6.45, 7) is 3.72. The Morgan fingerprint density at radius 1 is 0.939 bits per heavy atom. The van der Waals surface area contributed by atoms with Crippen molar-refractivity contribution in [3.05, 3.63) is 64.7 Å². The second-order valence-corrected chi connectivity index (χ2v) is 8.74. The van der Waals surface area contributed by atoms with Crippen LogP contribution in [0.2, 0.25) is 0 Å². The molecule has 172 valence electrons. The van der Waals surface area contributed by atoms with Crippen LogP contribution in [0.15, 0.2) is 36.4 Å². The minimum Gasteiger partial charge on any atom is -0.369 e. The van der Waals surface area contributed by atoms with Gasteiger partial charge in [0, 0.05) is 62.5 Å². The zero-order chi connectivity index (χ0) is 23.1. The molecular formula is C24H24F2N4O3. The van der Waals surface area contributed by atoms with Crippen molar-refractivity contribution in [2.75, 3.05) is 31.1 Å². The average molecular weight is 454 g/mol. The molecule has 33 heavy (non-hydrogen) atoms. The molecule has 2 aromatic rings. The number of fused-ring (bicyclic) bond motifs is 1. The van der Waals surface area contributed by atoms with Crippen molar-refractivity contribution in [3.63, 3.8) is 0 Å². The van der Waals surface area contributed by atoms with Gasteiger partial charge in [-0.3, -0.25) is 24.6 Å². The number of benzene rings is 2. The summed E-state index contributed by atoms with van der Waals surface area (Å²) in [5.74, 6) is -1.95. The normalized spacial score (nSPS) is 21.4. The maximum absolute atomic E-state index is 14.5. The predicted molar refractivity (Wildman–Crippen MR) is 116 cm³/mol. The van der Waals surface area contributed by atoms with Gasteiger partial charge in [-0.1, -0.05) is 12.1 Å². The summed E-state index contributed by atoms with van der Waals surface area (Å²) in [7, 11) is 0. The van der Waals surface area contributed by atoms with E-state index in [1.165, 1.54) is 29.2 Å². The Labute approximate surface area is 189 Å². The number of anilines is 1. The molecule has 0 spiro atoms. The lowest BCUT2D eigenvalue weighted by molar-refractivity contribution is -0.136. The van der Waals surface area contributed by atoms with Crippen LogP contribution in [0.3, 0.4) is 0 Å². The fourth-order valence-corrected chi connectivity index (χ4v) is 4.88. The molecule has 3 heterocycles. The van der Waals surface area contributed by atoms with E-state index in [4.69, 9.17) is 0 Å². The molecule has 3 aliphatic heterocycles. The van der Waals surface area contributed by atoms with Gasteiger partial charge in [0.15, 0.2) is 0 Å². The highest BCUT2D eigenvalue weighted by atomic mass is 19.1. The highest BCUT2D eigenvalue weighted by Crippen LogP contribution is 2.35. The van der Waals surface area contributed by atoms with Gasteiger partial charge in [-0.2, -0.15) is 0 Å². The van der Waals surface area contributed by atoms with Crippen LogP contribution in [0.5, 0.6) is 0 Å². The molecule has 2 aromatic carbocycles.